The second-order valence-electron chi connectivity index (χ2n) is 6.84. The lowest BCUT2D eigenvalue weighted by Crippen LogP contribution is -2.41. The molecule has 0 saturated carbocycles. The molecule has 2 N–H and O–H groups in total. The van der Waals surface area contributed by atoms with Crippen LogP contribution < -0.4 is 10.6 Å². The molecule has 0 aliphatic carbocycles. The van der Waals surface area contributed by atoms with Gasteiger partial charge < -0.3 is 15.4 Å². The van der Waals surface area contributed by atoms with E-state index in [0.29, 0.717) is 36.7 Å². The highest BCUT2D eigenvalue weighted by Gasteiger charge is 2.14. The Bertz CT molecular complexity index is 1010. The zero-order chi connectivity index (χ0) is 20.1. The summed E-state index contributed by atoms with van der Waals surface area (Å²) in [5.41, 5.74) is 2.69. The third-order valence-corrected chi connectivity index (χ3v) is 4.79. The Morgan fingerprint density at radius 2 is 1.62 bits per heavy atom. The molecule has 1 saturated heterocycles. The molecule has 0 spiro atoms. The van der Waals surface area contributed by atoms with Crippen LogP contribution in [-0.4, -0.2) is 54.5 Å². The predicted molar refractivity (Wildman–Crippen MR) is 112 cm³/mol. The molecule has 0 atom stereocenters. The van der Waals surface area contributed by atoms with Crippen LogP contribution in [0.15, 0.2) is 60.8 Å². The molecular formula is C22H22N4O3. The summed E-state index contributed by atoms with van der Waals surface area (Å²) in [7, 11) is 0. The average molecular weight is 390 g/mol. The Morgan fingerprint density at radius 1 is 0.931 bits per heavy atom. The van der Waals surface area contributed by atoms with Crippen molar-refractivity contribution in [2.45, 2.75) is 0 Å². The monoisotopic (exact) mass is 390 g/mol. The smallest absolute Gasteiger partial charge is 0.256 e. The van der Waals surface area contributed by atoms with Crippen molar-refractivity contribution in [2.75, 3.05) is 43.5 Å². The third-order valence-electron chi connectivity index (χ3n) is 4.79. The maximum atomic E-state index is 12.7. The minimum Gasteiger partial charge on any atom is -0.379 e. The first-order valence-electron chi connectivity index (χ1n) is 9.54. The Kier molecular flexibility index (Phi) is 5.79. The van der Waals surface area contributed by atoms with E-state index in [9.17, 15) is 9.59 Å². The van der Waals surface area contributed by atoms with Gasteiger partial charge in [-0.15, -0.1) is 0 Å². The molecule has 148 valence electrons. The maximum Gasteiger partial charge on any atom is 0.256 e. The molecule has 7 nitrogen and oxygen atoms in total. The number of hydrogen-bond donors (Lipinski definition) is 2. The number of hydrogen-bond acceptors (Lipinski definition) is 5. The molecule has 29 heavy (non-hydrogen) atoms. The van der Waals surface area contributed by atoms with Gasteiger partial charge in [0.05, 0.1) is 30.8 Å². The van der Waals surface area contributed by atoms with Crippen molar-refractivity contribution in [3.63, 3.8) is 0 Å². The van der Waals surface area contributed by atoms with Crippen LogP contribution in [0.1, 0.15) is 10.4 Å². The van der Waals surface area contributed by atoms with E-state index in [4.69, 9.17) is 4.74 Å². The number of aromatic nitrogens is 1. The molecule has 1 fully saturated rings. The lowest BCUT2D eigenvalue weighted by Gasteiger charge is -2.25. The molecule has 0 bridgehead atoms. The molecule has 1 aliphatic rings. The van der Waals surface area contributed by atoms with Crippen molar-refractivity contribution < 1.29 is 14.3 Å². The maximum absolute atomic E-state index is 12.7. The van der Waals surface area contributed by atoms with E-state index in [1.165, 1.54) is 0 Å². The van der Waals surface area contributed by atoms with Gasteiger partial charge in [0.15, 0.2) is 0 Å². The molecule has 1 aromatic heterocycles. The van der Waals surface area contributed by atoms with Crippen LogP contribution in [0.4, 0.5) is 11.4 Å². The van der Waals surface area contributed by atoms with Crippen molar-refractivity contribution in [2.24, 2.45) is 0 Å². The second-order valence-corrected chi connectivity index (χ2v) is 6.84. The van der Waals surface area contributed by atoms with E-state index < -0.39 is 0 Å². The number of ether oxygens (including phenoxy) is 1. The van der Waals surface area contributed by atoms with Crippen molar-refractivity contribution in [1.29, 1.82) is 0 Å². The highest BCUT2D eigenvalue weighted by Crippen LogP contribution is 2.19. The van der Waals surface area contributed by atoms with Crippen LogP contribution in [0.5, 0.6) is 0 Å². The van der Waals surface area contributed by atoms with Crippen LogP contribution >= 0.6 is 0 Å². The van der Waals surface area contributed by atoms with Gasteiger partial charge in [0.1, 0.15) is 0 Å². The molecule has 3 aromatic rings. The van der Waals surface area contributed by atoms with Gasteiger partial charge >= 0.3 is 0 Å². The van der Waals surface area contributed by atoms with E-state index in [2.05, 4.69) is 20.5 Å². The fraction of sp³-hybridized carbons (Fsp3) is 0.227. The number of nitrogens with zero attached hydrogens (tertiary/aromatic N) is 2. The second kappa shape index (κ2) is 8.81. The number of rotatable bonds is 5. The summed E-state index contributed by atoms with van der Waals surface area (Å²) in [5, 5.41) is 6.58. The van der Waals surface area contributed by atoms with Gasteiger partial charge in [-0.2, -0.15) is 0 Å². The van der Waals surface area contributed by atoms with Crippen LogP contribution in [0, 0.1) is 0 Å². The molecular weight excluding hydrogens is 368 g/mol. The number of fused-ring (bicyclic) bond motifs is 1. The SMILES string of the molecule is O=C(CN1CCOCC1)Nc1ccc(NC(=O)c2ccnc3ccccc23)cc1. The van der Waals surface area contributed by atoms with E-state index in [-0.39, 0.29) is 11.8 Å². The number of para-hydroxylation sites is 1. The number of anilines is 2. The Hall–Kier alpha value is -3.29. The summed E-state index contributed by atoms with van der Waals surface area (Å²) in [6, 6.07) is 16.3. The standard InChI is InChI=1S/C22H22N4O3/c27-21(15-26-11-13-29-14-12-26)24-16-5-7-17(8-6-16)25-22(28)19-9-10-23-20-4-2-1-3-18(19)20/h1-10H,11-15H2,(H,24,27)(H,25,28). The third kappa shape index (κ3) is 4.77. The molecule has 4 rings (SSSR count). The summed E-state index contributed by atoms with van der Waals surface area (Å²) in [6.07, 6.45) is 1.63. The number of carbonyl (C=O) groups is 2. The number of pyridine rings is 1. The van der Waals surface area contributed by atoms with Gasteiger partial charge in [0, 0.05) is 36.0 Å². The normalized spacial score (nSPS) is 14.5. The van der Waals surface area contributed by atoms with Crippen molar-refractivity contribution in [1.82, 2.24) is 9.88 Å². The largest absolute Gasteiger partial charge is 0.379 e. The quantitative estimate of drug-likeness (QED) is 0.700. The average Bonchev–Trinajstić information content (AvgIpc) is 2.75. The predicted octanol–water partition coefficient (Wildman–Crippen LogP) is 2.76. The summed E-state index contributed by atoms with van der Waals surface area (Å²) >= 11 is 0. The van der Waals surface area contributed by atoms with Crippen molar-refractivity contribution >= 4 is 34.1 Å². The number of amides is 2. The zero-order valence-corrected chi connectivity index (χ0v) is 15.9. The Morgan fingerprint density at radius 3 is 2.38 bits per heavy atom. The van der Waals surface area contributed by atoms with Gasteiger partial charge in [0.25, 0.3) is 5.91 Å². The minimum atomic E-state index is -0.201. The molecule has 2 aromatic carbocycles. The topological polar surface area (TPSA) is 83.6 Å². The first-order chi connectivity index (χ1) is 14.2. The lowest BCUT2D eigenvalue weighted by atomic mass is 10.1. The molecule has 0 unspecified atom stereocenters. The van der Waals surface area contributed by atoms with E-state index in [1.54, 1.807) is 36.5 Å². The molecule has 2 amide bonds. The summed E-state index contributed by atoms with van der Waals surface area (Å²) < 4.78 is 5.29. The summed E-state index contributed by atoms with van der Waals surface area (Å²) in [4.78, 5) is 31.2. The van der Waals surface area contributed by atoms with Gasteiger partial charge in [-0.3, -0.25) is 19.5 Å². The van der Waals surface area contributed by atoms with Crippen LogP contribution in [-0.2, 0) is 9.53 Å². The number of benzene rings is 2. The first-order valence-corrected chi connectivity index (χ1v) is 9.54. The summed E-state index contributed by atoms with van der Waals surface area (Å²) in [6.45, 7) is 3.20. The fourth-order valence-corrected chi connectivity index (χ4v) is 3.29. The zero-order valence-electron chi connectivity index (χ0n) is 15.9. The van der Waals surface area contributed by atoms with Gasteiger partial charge in [-0.25, -0.2) is 0 Å². The number of nitrogens with one attached hydrogen (secondary N) is 2. The minimum absolute atomic E-state index is 0.0630. The van der Waals surface area contributed by atoms with E-state index >= 15 is 0 Å². The van der Waals surface area contributed by atoms with Gasteiger partial charge in [-0.05, 0) is 36.4 Å². The lowest BCUT2D eigenvalue weighted by molar-refractivity contribution is -0.118. The molecule has 7 heteroatoms. The van der Waals surface area contributed by atoms with E-state index in [1.807, 2.05) is 24.3 Å². The fourth-order valence-electron chi connectivity index (χ4n) is 3.29. The van der Waals surface area contributed by atoms with E-state index in [0.717, 1.165) is 24.0 Å². The van der Waals surface area contributed by atoms with Crippen LogP contribution in [0.2, 0.25) is 0 Å². The highest BCUT2D eigenvalue weighted by molar-refractivity contribution is 6.12. The molecule has 0 radical (unpaired) electrons. The number of carbonyl (C=O) groups excluding carboxylic acids is 2. The summed E-state index contributed by atoms with van der Waals surface area (Å²) in [5.74, 6) is -0.264. The van der Waals surface area contributed by atoms with Crippen LogP contribution in [0.3, 0.4) is 0 Å². The highest BCUT2D eigenvalue weighted by atomic mass is 16.5. The van der Waals surface area contributed by atoms with Crippen molar-refractivity contribution in [3.8, 4) is 0 Å². The number of morpholine rings is 1. The van der Waals surface area contributed by atoms with Crippen molar-refractivity contribution in [3.05, 3.63) is 66.4 Å². The Labute approximate surface area is 168 Å². The Balaban J connectivity index is 1.37. The first kappa shape index (κ1) is 19.0. The molecule has 2 heterocycles. The van der Waals surface area contributed by atoms with Gasteiger partial charge in [0.2, 0.25) is 5.91 Å². The molecule has 1 aliphatic heterocycles. The van der Waals surface area contributed by atoms with Crippen LogP contribution in [0.25, 0.3) is 10.9 Å². The van der Waals surface area contributed by atoms with Gasteiger partial charge in [-0.1, -0.05) is 18.2 Å².